The zero-order valence-corrected chi connectivity index (χ0v) is 20.2. The smallest absolute Gasteiger partial charge is 0.244 e. The largest absolute Gasteiger partial charge is 0.253 e. The fraction of sp³-hybridized carbons (Fsp3) is 0.370. The summed E-state index contributed by atoms with van der Waals surface area (Å²) in [6.45, 7) is 18.5. The van der Waals surface area contributed by atoms with Crippen LogP contribution in [0.5, 0.6) is 0 Å². The summed E-state index contributed by atoms with van der Waals surface area (Å²) in [6.07, 6.45) is 6.33. The quantitative estimate of drug-likeness (QED) is 0.339. The Kier molecular flexibility index (Phi) is 6.89. The van der Waals surface area contributed by atoms with Crippen molar-refractivity contribution in [1.82, 2.24) is 4.57 Å². The van der Waals surface area contributed by atoms with E-state index < -0.39 is 0 Å². The van der Waals surface area contributed by atoms with E-state index in [0.29, 0.717) is 0 Å². The minimum atomic E-state index is 0.770. The van der Waals surface area contributed by atoms with E-state index in [9.17, 15) is 0 Å². The summed E-state index contributed by atoms with van der Waals surface area (Å²) in [4.78, 5) is 9.82. The molecule has 4 heteroatoms. The number of hydrogen-bond acceptors (Lipinski definition) is 2. The van der Waals surface area contributed by atoms with Gasteiger partial charge in [-0.2, -0.15) is 0 Å². The molecule has 0 unspecified atom stereocenters. The topological polar surface area (TPSA) is 33.5 Å². The third-order valence-electron chi connectivity index (χ3n) is 5.45. The van der Waals surface area contributed by atoms with Gasteiger partial charge in [-0.05, 0) is 77.6 Å². The fourth-order valence-corrected chi connectivity index (χ4v) is 4.30. The molecule has 0 aliphatic carbocycles. The van der Waals surface area contributed by atoms with Crippen LogP contribution >= 0.6 is 0 Å². The number of benzene rings is 2. The maximum atomic E-state index is 4.91. The maximum absolute atomic E-state index is 4.91. The molecule has 0 saturated heterocycles. The molecule has 0 aliphatic heterocycles. The second kappa shape index (κ2) is 9.42. The van der Waals surface area contributed by atoms with Gasteiger partial charge in [-0.1, -0.05) is 35.4 Å². The number of aryl methyl sites for hydroxylation is 6. The molecule has 0 fully saturated rings. The SMILES string of the molecule is CC(Cn1cc[n+](CC(C)=Nc2c(C)cc(C)cc2C)c1)=Nc1c(C)cc(C)cc1C. The van der Waals surface area contributed by atoms with Crippen molar-refractivity contribution < 1.29 is 4.57 Å². The van der Waals surface area contributed by atoms with Crippen molar-refractivity contribution in [1.29, 1.82) is 0 Å². The molecule has 1 heterocycles. The van der Waals surface area contributed by atoms with Crippen molar-refractivity contribution in [3.8, 4) is 0 Å². The molecule has 31 heavy (non-hydrogen) atoms. The molecule has 2 aromatic carbocycles. The Morgan fingerprint density at radius 2 is 1.19 bits per heavy atom. The van der Waals surface area contributed by atoms with E-state index in [0.717, 1.165) is 35.9 Å². The van der Waals surface area contributed by atoms with E-state index in [1.54, 1.807) is 0 Å². The molecule has 1 aromatic heterocycles. The monoisotopic (exact) mass is 415 g/mol. The Bertz CT molecular complexity index is 1030. The molecule has 0 spiro atoms. The van der Waals surface area contributed by atoms with Gasteiger partial charge in [-0.15, -0.1) is 0 Å². The molecule has 0 N–H and O–H groups in total. The summed E-state index contributed by atoms with van der Waals surface area (Å²) in [7, 11) is 0. The van der Waals surface area contributed by atoms with Gasteiger partial charge in [-0.3, -0.25) is 9.98 Å². The van der Waals surface area contributed by atoms with Gasteiger partial charge in [0.2, 0.25) is 6.33 Å². The molecule has 0 atom stereocenters. The van der Waals surface area contributed by atoms with Crippen LogP contribution in [0.15, 0.2) is 53.0 Å². The predicted octanol–water partition coefficient (Wildman–Crippen LogP) is 6.21. The lowest BCUT2D eigenvalue weighted by atomic mass is 10.1. The third kappa shape index (κ3) is 5.78. The van der Waals surface area contributed by atoms with Crippen LogP contribution in [-0.4, -0.2) is 16.0 Å². The van der Waals surface area contributed by atoms with Crippen LogP contribution in [0, 0.1) is 41.5 Å². The van der Waals surface area contributed by atoms with Gasteiger partial charge in [0.05, 0.1) is 22.8 Å². The molecule has 0 amide bonds. The van der Waals surface area contributed by atoms with Crippen molar-refractivity contribution in [3.63, 3.8) is 0 Å². The molecule has 4 nitrogen and oxygen atoms in total. The lowest BCUT2D eigenvalue weighted by Gasteiger charge is -2.08. The molecular weight excluding hydrogens is 380 g/mol. The highest BCUT2D eigenvalue weighted by Gasteiger charge is 2.09. The second-order valence-electron chi connectivity index (χ2n) is 8.95. The number of nitrogens with zero attached hydrogens (tertiary/aromatic N) is 4. The van der Waals surface area contributed by atoms with E-state index in [1.165, 1.54) is 33.4 Å². The minimum absolute atomic E-state index is 0.770. The number of imidazole rings is 1. The van der Waals surface area contributed by atoms with Gasteiger partial charge in [0.15, 0.2) is 0 Å². The Labute approximate surface area is 187 Å². The summed E-state index contributed by atoms with van der Waals surface area (Å²) in [5.41, 5.74) is 11.9. The van der Waals surface area contributed by atoms with Gasteiger partial charge < -0.3 is 0 Å². The summed E-state index contributed by atoms with van der Waals surface area (Å²) >= 11 is 0. The summed E-state index contributed by atoms with van der Waals surface area (Å²) in [6, 6.07) is 8.79. The summed E-state index contributed by atoms with van der Waals surface area (Å²) in [5, 5.41) is 0. The van der Waals surface area contributed by atoms with Crippen LogP contribution in [0.4, 0.5) is 11.4 Å². The molecule has 3 aromatic rings. The molecule has 0 saturated carbocycles. The second-order valence-corrected chi connectivity index (χ2v) is 8.95. The molecule has 162 valence electrons. The van der Waals surface area contributed by atoms with Crippen LogP contribution in [0.25, 0.3) is 0 Å². The minimum Gasteiger partial charge on any atom is -0.253 e. The van der Waals surface area contributed by atoms with E-state index in [1.807, 2.05) is 0 Å². The summed E-state index contributed by atoms with van der Waals surface area (Å²) < 4.78 is 4.35. The maximum Gasteiger partial charge on any atom is 0.244 e. The Morgan fingerprint density at radius 1 is 0.742 bits per heavy atom. The van der Waals surface area contributed by atoms with Crippen LogP contribution in [0.2, 0.25) is 0 Å². The Hall–Kier alpha value is -3.01. The van der Waals surface area contributed by atoms with Crippen molar-refractivity contribution in [2.24, 2.45) is 9.98 Å². The average Bonchev–Trinajstić information content (AvgIpc) is 3.07. The molecule has 0 aliphatic rings. The van der Waals surface area contributed by atoms with Crippen LogP contribution < -0.4 is 4.57 Å². The first-order valence-electron chi connectivity index (χ1n) is 10.9. The number of rotatable bonds is 6. The highest BCUT2D eigenvalue weighted by atomic mass is 15.1. The number of aliphatic imine (C=N–C) groups is 2. The molecule has 3 rings (SSSR count). The van der Waals surface area contributed by atoms with Crippen molar-refractivity contribution in [2.75, 3.05) is 0 Å². The Balaban J connectivity index is 1.72. The zero-order valence-electron chi connectivity index (χ0n) is 20.2. The van der Waals surface area contributed by atoms with E-state index in [2.05, 4.69) is 108 Å². The van der Waals surface area contributed by atoms with Gasteiger partial charge in [0.25, 0.3) is 0 Å². The van der Waals surface area contributed by atoms with Crippen molar-refractivity contribution in [2.45, 2.75) is 68.5 Å². The Morgan fingerprint density at radius 3 is 1.68 bits per heavy atom. The predicted molar refractivity (Wildman–Crippen MR) is 131 cm³/mol. The normalized spacial score (nSPS) is 12.5. The van der Waals surface area contributed by atoms with Gasteiger partial charge in [0.1, 0.15) is 25.5 Å². The van der Waals surface area contributed by atoms with E-state index in [4.69, 9.17) is 9.98 Å². The number of aromatic nitrogens is 2. The van der Waals surface area contributed by atoms with Gasteiger partial charge >= 0.3 is 0 Å². The van der Waals surface area contributed by atoms with Gasteiger partial charge in [-0.25, -0.2) is 9.13 Å². The standard InChI is InChI=1S/C27H35N4/c1-18-11-20(3)26(21(4)12-18)28-24(7)15-30-9-10-31(17-30)16-25(8)29-27-22(5)13-19(2)14-23(27)6/h9-14,17H,15-16H2,1-8H3/q+1. The summed E-state index contributed by atoms with van der Waals surface area (Å²) in [5.74, 6) is 0. The fourth-order valence-electron chi connectivity index (χ4n) is 4.30. The van der Waals surface area contributed by atoms with Crippen molar-refractivity contribution >= 4 is 22.8 Å². The van der Waals surface area contributed by atoms with Gasteiger partial charge in [0, 0.05) is 0 Å². The first-order valence-corrected chi connectivity index (χ1v) is 10.9. The highest BCUT2D eigenvalue weighted by Crippen LogP contribution is 2.26. The highest BCUT2D eigenvalue weighted by molar-refractivity contribution is 5.85. The first-order chi connectivity index (χ1) is 14.6. The lowest BCUT2D eigenvalue weighted by Crippen LogP contribution is -2.35. The average molecular weight is 416 g/mol. The molecular formula is C27H35N4+. The first kappa shape index (κ1) is 22.7. The van der Waals surface area contributed by atoms with Crippen LogP contribution in [-0.2, 0) is 13.1 Å². The van der Waals surface area contributed by atoms with Crippen LogP contribution in [0.3, 0.4) is 0 Å². The third-order valence-corrected chi connectivity index (χ3v) is 5.45. The lowest BCUT2D eigenvalue weighted by molar-refractivity contribution is -0.681. The van der Waals surface area contributed by atoms with E-state index in [-0.39, 0.29) is 0 Å². The molecule has 0 radical (unpaired) electrons. The van der Waals surface area contributed by atoms with Crippen molar-refractivity contribution in [3.05, 3.63) is 76.4 Å². The number of hydrogen-bond donors (Lipinski definition) is 0. The van der Waals surface area contributed by atoms with E-state index >= 15 is 0 Å². The molecule has 0 bridgehead atoms. The zero-order chi connectivity index (χ0) is 22.7. The van der Waals surface area contributed by atoms with Crippen LogP contribution in [0.1, 0.15) is 47.2 Å².